The Balaban J connectivity index is 1.50. The van der Waals surface area contributed by atoms with Gasteiger partial charge in [-0.05, 0) is 48.7 Å². The molecule has 0 aromatic carbocycles. The van der Waals surface area contributed by atoms with E-state index in [1.54, 1.807) is 21.8 Å². The van der Waals surface area contributed by atoms with Gasteiger partial charge in [0.15, 0.2) is 0 Å². The van der Waals surface area contributed by atoms with Crippen molar-refractivity contribution in [3.8, 4) is 6.01 Å². The highest BCUT2D eigenvalue weighted by Crippen LogP contribution is 2.18. The summed E-state index contributed by atoms with van der Waals surface area (Å²) in [6.07, 6.45) is 4.76. The zero-order valence-corrected chi connectivity index (χ0v) is 16.5. The number of hydrogen-bond donors (Lipinski definition) is 0. The fraction of sp³-hybridized carbons (Fsp3) is 0.412. The minimum atomic E-state index is -0.220. The van der Waals surface area contributed by atoms with Crippen molar-refractivity contribution < 1.29 is 9.53 Å². The lowest BCUT2D eigenvalue weighted by Crippen LogP contribution is -2.44. The topological polar surface area (TPSA) is 98.4 Å². The summed E-state index contributed by atoms with van der Waals surface area (Å²) < 4.78 is 8.20. The van der Waals surface area contributed by atoms with Gasteiger partial charge in [0, 0.05) is 30.3 Å². The van der Waals surface area contributed by atoms with Gasteiger partial charge < -0.3 is 9.64 Å². The molecule has 10 heteroatoms. The molecule has 0 aliphatic carbocycles. The van der Waals surface area contributed by atoms with Crippen LogP contribution in [-0.2, 0) is 0 Å². The Bertz CT molecular complexity index is 989. The quantitative estimate of drug-likeness (QED) is 0.624. The average Bonchev–Trinajstić information content (AvgIpc) is 3.07. The highest BCUT2D eigenvalue weighted by atomic mass is 79.9. The third-order valence-electron chi connectivity index (χ3n) is 4.34. The third-order valence-corrected chi connectivity index (χ3v) is 4.75. The Hall–Kier alpha value is -2.62. The lowest BCUT2D eigenvalue weighted by Gasteiger charge is -2.31. The fourth-order valence-electron chi connectivity index (χ4n) is 3.13. The fourth-order valence-corrected chi connectivity index (χ4v) is 3.33. The molecule has 0 bridgehead atoms. The number of rotatable bonds is 3. The van der Waals surface area contributed by atoms with Crippen LogP contribution in [0.2, 0.25) is 0 Å². The molecular formula is C17H18BrN7O2. The molecule has 140 valence electrons. The molecule has 0 saturated carbocycles. The maximum atomic E-state index is 12.9. The summed E-state index contributed by atoms with van der Waals surface area (Å²) in [5.74, 6) is 0.364. The van der Waals surface area contributed by atoms with E-state index in [0.29, 0.717) is 24.9 Å². The summed E-state index contributed by atoms with van der Waals surface area (Å²) in [7, 11) is 0. The number of amides is 1. The van der Waals surface area contributed by atoms with E-state index in [1.807, 2.05) is 19.9 Å². The third kappa shape index (κ3) is 3.75. The van der Waals surface area contributed by atoms with Gasteiger partial charge in [-0.3, -0.25) is 4.79 Å². The van der Waals surface area contributed by atoms with Gasteiger partial charge in [0.05, 0.1) is 11.0 Å². The van der Waals surface area contributed by atoms with Gasteiger partial charge in [-0.15, -0.1) is 5.10 Å². The second kappa shape index (κ2) is 7.18. The summed E-state index contributed by atoms with van der Waals surface area (Å²) in [5.41, 5.74) is 1.73. The largest absolute Gasteiger partial charge is 0.458 e. The number of hydrogen-bond acceptors (Lipinski definition) is 7. The number of carbonyl (C=O) groups excluding carboxylic acids is 1. The number of likely N-dealkylation sites (tertiary alicyclic amines) is 1. The number of nitrogens with zero attached hydrogens (tertiary/aromatic N) is 7. The first-order chi connectivity index (χ1) is 13.0. The molecule has 1 atom stereocenters. The normalized spacial score (nSPS) is 17.3. The van der Waals surface area contributed by atoms with Gasteiger partial charge in [0.1, 0.15) is 6.10 Å². The van der Waals surface area contributed by atoms with Gasteiger partial charge in [0.2, 0.25) is 5.82 Å². The van der Waals surface area contributed by atoms with Crippen molar-refractivity contribution in [2.75, 3.05) is 13.1 Å². The molecule has 27 heavy (non-hydrogen) atoms. The molecule has 3 aromatic rings. The number of aryl methyl sites for hydroxylation is 2. The number of aromatic nitrogens is 6. The molecule has 4 rings (SSSR count). The number of halogens is 1. The molecule has 4 heterocycles. The zero-order valence-electron chi connectivity index (χ0n) is 15.0. The van der Waals surface area contributed by atoms with Crippen LogP contribution in [0.1, 0.15) is 34.8 Å². The lowest BCUT2D eigenvalue weighted by molar-refractivity contribution is 0.0505. The van der Waals surface area contributed by atoms with E-state index >= 15 is 0 Å². The van der Waals surface area contributed by atoms with Gasteiger partial charge >= 0.3 is 6.01 Å². The van der Waals surface area contributed by atoms with E-state index in [4.69, 9.17) is 4.74 Å². The van der Waals surface area contributed by atoms with Crippen LogP contribution in [0.3, 0.4) is 0 Å². The highest BCUT2D eigenvalue weighted by Gasteiger charge is 2.28. The Labute approximate surface area is 163 Å². The summed E-state index contributed by atoms with van der Waals surface area (Å²) in [4.78, 5) is 31.5. The second-order valence-corrected chi connectivity index (χ2v) is 7.42. The van der Waals surface area contributed by atoms with Gasteiger partial charge in [-0.25, -0.2) is 19.5 Å². The van der Waals surface area contributed by atoms with E-state index in [0.717, 1.165) is 28.7 Å². The molecule has 0 radical (unpaired) electrons. The van der Waals surface area contributed by atoms with Crippen LogP contribution in [-0.4, -0.2) is 59.6 Å². The number of ether oxygens (including phenoxy) is 1. The first kappa shape index (κ1) is 17.8. The van der Waals surface area contributed by atoms with Crippen molar-refractivity contribution in [3.05, 3.63) is 40.1 Å². The van der Waals surface area contributed by atoms with Crippen molar-refractivity contribution in [1.82, 2.24) is 34.4 Å². The molecule has 0 spiro atoms. The smallest absolute Gasteiger partial charge is 0.316 e. The SMILES string of the molecule is Cc1cc(C)n2nc(C(=O)N3CCCC(Oc4ncc(Br)cn4)C3)nc2n1. The van der Waals surface area contributed by atoms with Crippen LogP contribution in [0.25, 0.3) is 5.78 Å². The molecule has 9 nitrogen and oxygen atoms in total. The Morgan fingerprint density at radius 1 is 1.26 bits per heavy atom. The van der Waals surface area contributed by atoms with Crippen molar-refractivity contribution in [1.29, 1.82) is 0 Å². The molecule has 1 fully saturated rings. The van der Waals surface area contributed by atoms with E-state index in [2.05, 4.69) is 41.0 Å². The van der Waals surface area contributed by atoms with Crippen LogP contribution in [0, 0.1) is 13.8 Å². The predicted molar refractivity (Wildman–Crippen MR) is 99.5 cm³/mol. The van der Waals surface area contributed by atoms with E-state index in [1.165, 1.54) is 0 Å². The highest BCUT2D eigenvalue weighted by molar-refractivity contribution is 9.10. The van der Waals surface area contributed by atoms with Gasteiger partial charge in [-0.2, -0.15) is 4.98 Å². The minimum Gasteiger partial charge on any atom is -0.458 e. The summed E-state index contributed by atoms with van der Waals surface area (Å²) in [6.45, 7) is 4.88. The molecule has 1 amide bonds. The Morgan fingerprint density at radius 2 is 2.04 bits per heavy atom. The van der Waals surface area contributed by atoms with Crippen LogP contribution >= 0.6 is 15.9 Å². The predicted octanol–water partition coefficient (Wildman–Crippen LogP) is 1.98. The Morgan fingerprint density at radius 3 is 2.81 bits per heavy atom. The summed E-state index contributed by atoms with van der Waals surface area (Å²) in [5, 5.41) is 4.33. The minimum absolute atomic E-state index is 0.150. The van der Waals surface area contributed by atoms with Crippen LogP contribution in [0.15, 0.2) is 22.9 Å². The molecule has 1 saturated heterocycles. The molecule has 3 aromatic heterocycles. The van der Waals surface area contributed by atoms with Crippen molar-refractivity contribution in [3.63, 3.8) is 0 Å². The zero-order chi connectivity index (χ0) is 19.0. The summed E-state index contributed by atoms with van der Waals surface area (Å²) in [6, 6.07) is 2.21. The van der Waals surface area contributed by atoms with Crippen LogP contribution in [0.5, 0.6) is 6.01 Å². The lowest BCUT2D eigenvalue weighted by atomic mass is 10.1. The van der Waals surface area contributed by atoms with Gasteiger partial charge in [0.25, 0.3) is 11.7 Å². The standard InChI is InChI=1S/C17H18BrN7O2/c1-10-6-11(2)25-16(21-10)22-14(23-25)15(26)24-5-3-4-13(9-24)27-17-19-7-12(18)8-20-17/h6-8,13H,3-5,9H2,1-2H3. The molecule has 1 aliphatic heterocycles. The van der Waals surface area contributed by atoms with Gasteiger partial charge in [-0.1, -0.05) is 0 Å². The first-order valence-corrected chi connectivity index (χ1v) is 9.43. The molecule has 1 unspecified atom stereocenters. The molecule has 0 N–H and O–H groups in total. The van der Waals surface area contributed by atoms with Crippen molar-refractivity contribution in [2.45, 2.75) is 32.8 Å². The average molecular weight is 432 g/mol. The van der Waals surface area contributed by atoms with Crippen molar-refractivity contribution >= 4 is 27.6 Å². The van der Waals surface area contributed by atoms with Crippen molar-refractivity contribution in [2.24, 2.45) is 0 Å². The first-order valence-electron chi connectivity index (χ1n) is 8.64. The Kier molecular flexibility index (Phi) is 4.73. The van der Waals surface area contributed by atoms with Crippen LogP contribution < -0.4 is 4.74 Å². The van der Waals surface area contributed by atoms with Crippen LogP contribution in [0.4, 0.5) is 0 Å². The maximum Gasteiger partial charge on any atom is 0.316 e. The van der Waals surface area contributed by atoms with E-state index in [-0.39, 0.29) is 17.8 Å². The van der Waals surface area contributed by atoms with E-state index < -0.39 is 0 Å². The number of fused-ring (bicyclic) bond motifs is 1. The van der Waals surface area contributed by atoms with E-state index in [9.17, 15) is 4.79 Å². The number of piperidine rings is 1. The maximum absolute atomic E-state index is 12.9. The monoisotopic (exact) mass is 431 g/mol. The number of carbonyl (C=O) groups is 1. The second-order valence-electron chi connectivity index (χ2n) is 6.50. The molecular weight excluding hydrogens is 414 g/mol. The molecule has 1 aliphatic rings. The summed E-state index contributed by atoms with van der Waals surface area (Å²) >= 11 is 3.29.